The summed E-state index contributed by atoms with van der Waals surface area (Å²) >= 11 is 0. The summed E-state index contributed by atoms with van der Waals surface area (Å²) in [7, 11) is 0. The van der Waals surface area contributed by atoms with E-state index in [2.05, 4.69) is 11.8 Å². The molecule has 1 N–H and O–H groups in total. The first-order chi connectivity index (χ1) is 8.26. The summed E-state index contributed by atoms with van der Waals surface area (Å²) < 4.78 is 11.0. The van der Waals surface area contributed by atoms with E-state index in [0.29, 0.717) is 25.9 Å². The maximum atomic E-state index is 9.79. The maximum absolute atomic E-state index is 9.79. The number of β-amino-alcohol motifs (C(OH)–C–C–N with tert-alkyl or cyclic N) is 1. The molecule has 0 aromatic heterocycles. The topological polar surface area (TPSA) is 41.9 Å². The van der Waals surface area contributed by atoms with Crippen LogP contribution in [0.3, 0.4) is 0 Å². The van der Waals surface area contributed by atoms with E-state index in [1.165, 1.54) is 0 Å². The average Bonchev–Trinajstić information content (AvgIpc) is 2.34. The molecule has 1 aliphatic rings. The van der Waals surface area contributed by atoms with Crippen LogP contribution in [-0.2, 0) is 9.47 Å². The predicted octanol–water partition coefficient (Wildman–Crippen LogP) is 1.27. The number of piperidine rings is 1. The van der Waals surface area contributed by atoms with Crippen molar-refractivity contribution in [2.24, 2.45) is 0 Å². The van der Waals surface area contributed by atoms with Gasteiger partial charge in [0, 0.05) is 26.3 Å². The molecule has 1 saturated heterocycles. The monoisotopic (exact) mass is 245 g/mol. The molecule has 102 valence electrons. The quantitative estimate of drug-likeness (QED) is 0.699. The van der Waals surface area contributed by atoms with Crippen molar-refractivity contribution in [3.05, 3.63) is 0 Å². The van der Waals surface area contributed by atoms with Crippen molar-refractivity contribution in [3.8, 4) is 0 Å². The fourth-order valence-electron chi connectivity index (χ4n) is 2.20. The number of rotatable bonds is 8. The summed E-state index contributed by atoms with van der Waals surface area (Å²) in [4.78, 5) is 2.29. The molecule has 0 aromatic rings. The molecule has 0 aliphatic carbocycles. The highest BCUT2D eigenvalue weighted by Gasteiger charge is 2.21. The van der Waals surface area contributed by atoms with E-state index < -0.39 is 0 Å². The lowest BCUT2D eigenvalue weighted by molar-refractivity contribution is -0.0254. The van der Waals surface area contributed by atoms with Crippen LogP contribution in [0.2, 0.25) is 0 Å². The number of ether oxygens (including phenoxy) is 2. The Morgan fingerprint density at radius 2 is 2.24 bits per heavy atom. The van der Waals surface area contributed by atoms with Gasteiger partial charge >= 0.3 is 0 Å². The number of aliphatic hydroxyl groups is 1. The molecule has 1 rings (SSSR count). The molecule has 0 radical (unpaired) electrons. The van der Waals surface area contributed by atoms with E-state index in [4.69, 9.17) is 9.47 Å². The Hall–Kier alpha value is -0.160. The van der Waals surface area contributed by atoms with Crippen LogP contribution in [-0.4, -0.2) is 61.7 Å². The predicted molar refractivity (Wildman–Crippen MR) is 68.2 cm³/mol. The van der Waals surface area contributed by atoms with E-state index in [0.717, 1.165) is 39.0 Å². The summed E-state index contributed by atoms with van der Waals surface area (Å²) in [6.07, 6.45) is 3.36. The second-order valence-corrected chi connectivity index (χ2v) is 4.71. The number of hydrogen-bond acceptors (Lipinski definition) is 4. The number of likely N-dealkylation sites (tertiary alicyclic amines) is 1. The molecule has 0 amide bonds. The molecular weight excluding hydrogens is 218 g/mol. The van der Waals surface area contributed by atoms with Crippen molar-refractivity contribution < 1.29 is 14.6 Å². The average molecular weight is 245 g/mol. The minimum Gasteiger partial charge on any atom is -0.389 e. The van der Waals surface area contributed by atoms with Gasteiger partial charge in [-0.3, -0.25) is 4.90 Å². The zero-order valence-corrected chi connectivity index (χ0v) is 11.2. The van der Waals surface area contributed by atoms with Gasteiger partial charge in [-0.15, -0.1) is 0 Å². The molecule has 4 heteroatoms. The zero-order valence-electron chi connectivity index (χ0n) is 11.2. The first-order valence-electron chi connectivity index (χ1n) is 6.86. The van der Waals surface area contributed by atoms with Crippen LogP contribution in [0.1, 0.15) is 33.1 Å². The Kier molecular flexibility index (Phi) is 7.77. The highest BCUT2D eigenvalue weighted by Crippen LogP contribution is 2.13. The van der Waals surface area contributed by atoms with Crippen LogP contribution in [0.4, 0.5) is 0 Å². The Labute approximate surface area is 105 Å². The Morgan fingerprint density at radius 3 is 2.94 bits per heavy atom. The summed E-state index contributed by atoms with van der Waals surface area (Å²) in [6.45, 7) is 8.74. The maximum Gasteiger partial charge on any atom is 0.0900 e. The molecule has 0 spiro atoms. The molecule has 4 nitrogen and oxygen atoms in total. The molecule has 0 aromatic carbocycles. The second-order valence-electron chi connectivity index (χ2n) is 4.71. The lowest BCUT2D eigenvalue weighted by atomic mass is 10.1. The van der Waals surface area contributed by atoms with Crippen molar-refractivity contribution in [1.29, 1.82) is 0 Å². The van der Waals surface area contributed by atoms with E-state index in [1.54, 1.807) is 0 Å². The lowest BCUT2D eigenvalue weighted by Crippen LogP contribution is -2.44. The molecule has 1 heterocycles. The van der Waals surface area contributed by atoms with Gasteiger partial charge in [-0.25, -0.2) is 0 Å². The van der Waals surface area contributed by atoms with Crippen LogP contribution in [0.5, 0.6) is 0 Å². The summed E-state index contributed by atoms with van der Waals surface area (Å²) in [5, 5.41) is 9.79. The van der Waals surface area contributed by atoms with Crippen LogP contribution in [0, 0.1) is 0 Å². The van der Waals surface area contributed by atoms with Gasteiger partial charge < -0.3 is 14.6 Å². The molecule has 0 saturated carbocycles. The Morgan fingerprint density at radius 1 is 1.41 bits per heavy atom. The molecule has 1 fully saturated rings. The smallest absolute Gasteiger partial charge is 0.0900 e. The van der Waals surface area contributed by atoms with Crippen LogP contribution >= 0.6 is 0 Å². The van der Waals surface area contributed by atoms with Gasteiger partial charge in [0.15, 0.2) is 0 Å². The van der Waals surface area contributed by atoms with Gasteiger partial charge in [0.25, 0.3) is 0 Å². The van der Waals surface area contributed by atoms with Crippen LogP contribution in [0.15, 0.2) is 0 Å². The van der Waals surface area contributed by atoms with Crippen molar-refractivity contribution in [2.45, 2.75) is 45.3 Å². The normalized spacial score (nSPS) is 23.8. The SMILES string of the molecule is CCCOC1CCCN(CC(O)COCC)C1. The van der Waals surface area contributed by atoms with Crippen molar-refractivity contribution in [2.75, 3.05) is 39.5 Å². The third-order valence-corrected chi connectivity index (χ3v) is 3.00. The molecule has 1 aliphatic heterocycles. The zero-order chi connectivity index (χ0) is 12.5. The first kappa shape index (κ1) is 14.9. The minimum atomic E-state index is -0.375. The van der Waals surface area contributed by atoms with E-state index in [1.807, 2.05) is 6.92 Å². The number of aliphatic hydroxyl groups excluding tert-OH is 1. The summed E-state index contributed by atoms with van der Waals surface area (Å²) in [6, 6.07) is 0. The Balaban J connectivity index is 2.19. The van der Waals surface area contributed by atoms with Gasteiger partial charge in [-0.1, -0.05) is 6.92 Å². The number of nitrogens with zero attached hydrogens (tertiary/aromatic N) is 1. The Bertz CT molecular complexity index is 188. The minimum absolute atomic E-state index is 0.350. The van der Waals surface area contributed by atoms with Gasteiger partial charge in [0.05, 0.1) is 18.8 Å². The van der Waals surface area contributed by atoms with E-state index in [9.17, 15) is 5.11 Å². The molecule has 2 unspecified atom stereocenters. The van der Waals surface area contributed by atoms with Gasteiger partial charge in [-0.05, 0) is 32.7 Å². The van der Waals surface area contributed by atoms with Gasteiger partial charge in [0.1, 0.15) is 0 Å². The van der Waals surface area contributed by atoms with E-state index >= 15 is 0 Å². The van der Waals surface area contributed by atoms with Crippen molar-refractivity contribution >= 4 is 0 Å². The highest BCUT2D eigenvalue weighted by atomic mass is 16.5. The van der Waals surface area contributed by atoms with Crippen LogP contribution in [0.25, 0.3) is 0 Å². The van der Waals surface area contributed by atoms with Crippen molar-refractivity contribution in [1.82, 2.24) is 4.90 Å². The fourth-order valence-corrected chi connectivity index (χ4v) is 2.20. The van der Waals surface area contributed by atoms with Crippen molar-refractivity contribution in [3.63, 3.8) is 0 Å². The molecule has 0 bridgehead atoms. The molecule has 2 atom stereocenters. The summed E-state index contributed by atoms with van der Waals surface area (Å²) in [5.74, 6) is 0. The third kappa shape index (κ3) is 6.36. The highest BCUT2D eigenvalue weighted by molar-refractivity contribution is 4.75. The third-order valence-electron chi connectivity index (χ3n) is 3.00. The standard InChI is InChI=1S/C13H27NO3/c1-3-8-17-13-6-5-7-14(10-13)9-12(15)11-16-4-2/h12-13,15H,3-11H2,1-2H3. The lowest BCUT2D eigenvalue weighted by Gasteiger charge is -2.33. The fraction of sp³-hybridized carbons (Fsp3) is 1.00. The second kappa shape index (κ2) is 8.86. The molecular formula is C13H27NO3. The number of hydrogen-bond donors (Lipinski definition) is 1. The van der Waals surface area contributed by atoms with Gasteiger partial charge in [0.2, 0.25) is 0 Å². The van der Waals surface area contributed by atoms with Gasteiger partial charge in [-0.2, -0.15) is 0 Å². The summed E-state index contributed by atoms with van der Waals surface area (Å²) in [5.41, 5.74) is 0. The van der Waals surface area contributed by atoms with E-state index in [-0.39, 0.29) is 6.10 Å². The largest absolute Gasteiger partial charge is 0.389 e. The van der Waals surface area contributed by atoms with Crippen LogP contribution < -0.4 is 0 Å². The molecule has 17 heavy (non-hydrogen) atoms. The first-order valence-corrected chi connectivity index (χ1v) is 6.86.